The van der Waals surface area contributed by atoms with E-state index in [1.807, 2.05) is 17.5 Å². The Labute approximate surface area is 183 Å². The van der Waals surface area contributed by atoms with Crippen molar-refractivity contribution in [2.75, 3.05) is 26.6 Å². The first-order valence-electron chi connectivity index (χ1n) is 9.58. The van der Waals surface area contributed by atoms with Gasteiger partial charge in [0.2, 0.25) is 5.91 Å². The highest BCUT2D eigenvalue weighted by Crippen LogP contribution is 2.46. The SMILES string of the molecule is COc1cc2c(cc1OC)[C@H](C(=O)Nc1ccccc1F)[C@@H](c1cccs1)N(C)C2=O. The number of methoxy groups -OCH3 is 2. The van der Waals surface area contributed by atoms with Crippen molar-refractivity contribution in [3.8, 4) is 11.5 Å². The molecule has 8 heteroatoms. The molecule has 2 atom stereocenters. The Hall–Kier alpha value is -3.39. The van der Waals surface area contributed by atoms with Crippen LogP contribution in [0.15, 0.2) is 53.9 Å². The van der Waals surface area contributed by atoms with E-state index >= 15 is 0 Å². The first-order chi connectivity index (χ1) is 15.0. The molecule has 0 bridgehead atoms. The number of benzene rings is 2. The minimum absolute atomic E-state index is 0.0824. The number of carbonyl (C=O) groups excluding carboxylic acids is 2. The zero-order valence-corrected chi connectivity index (χ0v) is 18.0. The van der Waals surface area contributed by atoms with Crippen molar-refractivity contribution < 1.29 is 23.5 Å². The van der Waals surface area contributed by atoms with Gasteiger partial charge in [0.25, 0.3) is 5.91 Å². The number of amides is 2. The predicted octanol–water partition coefficient (Wildman–Crippen LogP) is 4.45. The molecule has 1 aromatic heterocycles. The van der Waals surface area contributed by atoms with Gasteiger partial charge in [-0.3, -0.25) is 9.59 Å². The molecule has 6 nitrogen and oxygen atoms in total. The van der Waals surface area contributed by atoms with Gasteiger partial charge in [-0.25, -0.2) is 4.39 Å². The lowest BCUT2D eigenvalue weighted by molar-refractivity contribution is -0.119. The van der Waals surface area contributed by atoms with Crippen molar-refractivity contribution in [3.63, 3.8) is 0 Å². The normalized spacial score (nSPS) is 17.8. The van der Waals surface area contributed by atoms with Gasteiger partial charge in [-0.2, -0.15) is 0 Å². The molecule has 0 spiro atoms. The fourth-order valence-corrected chi connectivity index (χ4v) is 4.82. The number of hydrogen-bond donors (Lipinski definition) is 1. The second kappa shape index (κ2) is 8.39. The summed E-state index contributed by atoms with van der Waals surface area (Å²) in [5.74, 6) is -1.16. The van der Waals surface area contributed by atoms with Crippen LogP contribution in [0.5, 0.6) is 11.5 Å². The van der Waals surface area contributed by atoms with Crippen molar-refractivity contribution in [2.24, 2.45) is 0 Å². The van der Waals surface area contributed by atoms with Crippen LogP contribution in [0.2, 0.25) is 0 Å². The molecule has 1 N–H and O–H groups in total. The van der Waals surface area contributed by atoms with Crippen molar-refractivity contribution >= 4 is 28.8 Å². The molecule has 4 rings (SSSR count). The smallest absolute Gasteiger partial charge is 0.254 e. The molecule has 31 heavy (non-hydrogen) atoms. The molecule has 0 saturated heterocycles. The van der Waals surface area contributed by atoms with Gasteiger partial charge in [0.15, 0.2) is 11.5 Å². The topological polar surface area (TPSA) is 67.9 Å². The van der Waals surface area contributed by atoms with Crippen LogP contribution >= 0.6 is 11.3 Å². The Bertz CT molecular complexity index is 1130. The van der Waals surface area contributed by atoms with Crippen LogP contribution in [-0.4, -0.2) is 38.0 Å². The molecule has 0 fully saturated rings. The number of likely N-dealkylation sites (N-methyl/N-ethyl adjacent to an activating group) is 1. The molecule has 1 aliphatic rings. The molecule has 3 aromatic rings. The van der Waals surface area contributed by atoms with Crippen molar-refractivity contribution in [2.45, 2.75) is 12.0 Å². The van der Waals surface area contributed by atoms with Gasteiger partial charge in [0.1, 0.15) is 5.82 Å². The van der Waals surface area contributed by atoms with E-state index in [1.54, 1.807) is 36.2 Å². The minimum atomic E-state index is -0.782. The van der Waals surface area contributed by atoms with E-state index in [4.69, 9.17) is 9.47 Å². The number of para-hydroxylation sites is 1. The van der Waals surface area contributed by atoms with Crippen LogP contribution in [0.25, 0.3) is 0 Å². The van der Waals surface area contributed by atoms with E-state index in [1.165, 1.54) is 37.7 Å². The fourth-order valence-electron chi connectivity index (χ4n) is 3.92. The molecular weight excluding hydrogens is 419 g/mol. The molecule has 2 heterocycles. The van der Waals surface area contributed by atoms with E-state index in [2.05, 4.69) is 5.32 Å². The maximum absolute atomic E-state index is 14.2. The number of rotatable bonds is 5. The highest BCUT2D eigenvalue weighted by atomic mass is 32.1. The van der Waals surface area contributed by atoms with Crippen molar-refractivity contribution in [3.05, 3.63) is 75.7 Å². The number of thiophene rings is 1. The molecule has 0 unspecified atom stereocenters. The summed E-state index contributed by atoms with van der Waals surface area (Å²) in [6.07, 6.45) is 0. The monoisotopic (exact) mass is 440 g/mol. The van der Waals surface area contributed by atoms with Gasteiger partial charge in [0, 0.05) is 17.5 Å². The second-order valence-electron chi connectivity index (χ2n) is 7.12. The Morgan fingerprint density at radius 1 is 1.10 bits per heavy atom. The number of ether oxygens (including phenoxy) is 2. The third-order valence-corrected chi connectivity index (χ3v) is 6.37. The molecule has 0 aliphatic carbocycles. The van der Waals surface area contributed by atoms with E-state index in [9.17, 15) is 14.0 Å². The maximum Gasteiger partial charge on any atom is 0.254 e. The number of nitrogens with zero attached hydrogens (tertiary/aromatic N) is 1. The summed E-state index contributed by atoms with van der Waals surface area (Å²) in [4.78, 5) is 29.1. The molecule has 0 saturated carbocycles. The second-order valence-corrected chi connectivity index (χ2v) is 8.10. The molecule has 1 aliphatic heterocycles. The van der Waals surface area contributed by atoms with Crippen LogP contribution in [0, 0.1) is 5.82 Å². The first kappa shape index (κ1) is 20.9. The Morgan fingerprint density at radius 2 is 1.81 bits per heavy atom. The summed E-state index contributed by atoms with van der Waals surface area (Å²) in [5, 5.41) is 4.59. The van der Waals surface area contributed by atoms with E-state index < -0.39 is 23.7 Å². The predicted molar refractivity (Wildman–Crippen MR) is 116 cm³/mol. The van der Waals surface area contributed by atoms with Gasteiger partial charge in [0.05, 0.1) is 31.9 Å². The fraction of sp³-hybridized carbons (Fsp3) is 0.217. The van der Waals surface area contributed by atoms with Gasteiger partial charge < -0.3 is 19.7 Å². The standard InChI is InChI=1S/C23H21FN2O4S/c1-26-21(19-9-6-10-31-19)20(22(27)25-16-8-5-4-7-15(16)24)13-11-17(29-2)18(30-3)12-14(13)23(26)28/h4-12,20-21H,1-3H3,(H,25,27)/t20-,21+/m0/s1. The Morgan fingerprint density at radius 3 is 2.45 bits per heavy atom. The number of nitrogens with one attached hydrogen (secondary N) is 1. The lowest BCUT2D eigenvalue weighted by Crippen LogP contribution is -2.43. The summed E-state index contributed by atoms with van der Waals surface area (Å²) in [6.45, 7) is 0. The minimum Gasteiger partial charge on any atom is -0.493 e. The molecule has 160 valence electrons. The third-order valence-electron chi connectivity index (χ3n) is 5.42. The quantitative estimate of drug-likeness (QED) is 0.636. The maximum atomic E-state index is 14.2. The molecule has 0 radical (unpaired) electrons. The average Bonchev–Trinajstić information content (AvgIpc) is 3.31. The number of anilines is 1. The van der Waals surface area contributed by atoms with Gasteiger partial charge in [-0.1, -0.05) is 18.2 Å². The number of fused-ring (bicyclic) bond motifs is 1. The summed E-state index contributed by atoms with van der Waals surface area (Å²) >= 11 is 1.45. The molecule has 2 aromatic carbocycles. The van der Waals surface area contributed by atoms with Gasteiger partial charge in [-0.15, -0.1) is 11.3 Å². The highest BCUT2D eigenvalue weighted by molar-refractivity contribution is 7.10. The molecule has 2 amide bonds. The third kappa shape index (κ3) is 3.63. The largest absolute Gasteiger partial charge is 0.493 e. The van der Waals surface area contributed by atoms with E-state index in [-0.39, 0.29) is 11.6 Å². The van der Waals surface area contributed by atoms with E-state index in [0.717, 1.165) is 4.88 Å². The number of carbonyl (C=O) groups is 2. The van der Waals surface area contributed by atoms with E-state index in [0.29, 0.717) is 22.6 Å². The first-order valence-corrected chi connectivity index (χ1v) is 10.5. The van der Waals surface area contributed by atoms with Crippen LogP contribution < -0.4 is 14.8 Å². The Kier molecular flexibility index (Phi) is 5.65. The zero-order valence-electron chi connectivity index (χ0n) is 17.2. The zero-order chi connectivity index (χ0) is 22.1. The van der Waals surface area contributed by atoms with Crippen LogP contribution in [0.1, 0.15) is 32.8 Å². The van der Waals surface area contributed by atoms with Crippen LogP contribution in [-0.2, 0) is 4.79 Å². The number of hydrogen-bond acceptors (Lipinski definition) is 5. The van der Waals surface area contributed by atoms with Gasteiger partial charge >= 0.3 is 0 Å². The summed E-state index contributed by atoms with van der Waals surface area (Å²) in [6, 6.07) is 12.4. The summed E-state index contributed by atoms with van der Waals surface area (Å²) in [7, 11) is 4.64. The lowest BCUT2D eigenvalue weighted by Gasteiger charge is -2.39. The summed E-state index contributed by atoms with van der Waals surface area (Å²) in [5.41, 5.74) is 0.939. The highest BCUT2D eigenvalue weighted by Gasteiger charge is 2.44. The number of halogens is 1. The Balaban J connectivity index is 1.87. The summed E-state index contributed by atoms with van der Waals surface area (Å²) < 4.78 is 25.0. The van der Waals surface area contributed by atoms with Crippen LogP contribution in [0.4, 0.5) is 10.1 Å². The van der Waals surface area contributed by atoms with Crippen molar-refractivity contribution in [1.29, 1.82) is 0 Å². The lowest BCUT2D eigenvalue weighted by atomic mass is 9.81. The average molecular weight is 440 g/mol. The van der Waals surface area contributed by atoms with Gasteiger partial charge in [-0.05, 0) is 41.3 Å². The molecular formula is C23H21FN2O4S. The van der Waals surface area contributed by atoms with Crippen LogP contribution in [0.3, 0.4) is 0 Å². The van der Waals surface area contributed by atoms with Crippen molar-refractivity contribution in [1.82, 2.24) is 4.90 Å².